The molecule has 1 aliphatic rings. The SMILES string of the molecule is CC(C(=O)NCCc1ncn[nH]1)C1CC1. The summed E-state index contributed by atoms with van der Waals surface area (Å²) in [6.07, 6.45) is 4.60. The summed E-state index contributed by atoms with van der Waals surface area (Å²) >= 11 is 0. The van der Waals surface area contributed by atoms with Crippen LogP contribution in [-0.2, 0) is 11.2 Å². The predicted octanol–water partition coefficient (Wildman–Crippen LogP) is 0.509. The summed E-state index contributed by atoms with van der Waals surface area (Å²) < 4.78 is 0. The first-order valence-electron chi connectivity index (χ1n) is 5.39. The van der Waals surface area contributed by atoms with E-state index < -0.39 is 0 Å². The Bertz CT molecular complexity index is 318. The fourth-order valence-corrected chi connectivity index (χ4v) is 1.63. The lowest BCUT2D eigenvalue weighted by Gasteiger charge is -2.09. The molecular formula is C10H16N4O. The highest BCUT2D eigenvalue weighted by molar-refractivity contribution is 5.78. The van der Waals surface area contributed by atoms with Gasteiger partial charge in [-0.25, -0.2) is 4.98 Å². The van der Waals surface area contributed by atoms with Crippen molar-refractivity contribution in [2.45, 2.75) is 26.2 Å². The first kappa shape index (κ1) is 10.1. The predicted molar refractivity (Wildman–Crippen MR) is 55.0 cm³/mol. The van der Waals surface area contributed by atoms with Gasteiger partial charge in [0, 0.05) is 18.9 Å². The average molecular weight is 208 g/mol. The van der Waals surface area contributed by atoms with Gasteiger partial charge in [0.05, 0.1) is 0 Å². The second-order valence-corrected chi connectivity index (χ2v) is 4.10. The molecule has 1 atom stereocenters. The highest BCUT2D eigenvalue weighted by Gasteiger charge is 2.32. The van der Waals surface area contributed by atoms with Crippen LogP contribution in [0, 0.1) is 11.8 Å². The van der Waals surface area contributed by atoms with Crippen LogP contribution in [-0.4, -0.2) is 27.6 Å². The highest BCUT2D eigenvalue weighted by atomic mass is 16.1. The zero-order valence-corrected chi connectivity index (χ0v) is 8.86. The Hall–Kier alpha value is -1.39. The number of aromatic amines is 1. The van der Waals surface area contributed by atoms with Crippen LogP contribution in [0.4, 0.5) is 0 Å². The second kappa shape index (κ2) is 4.42. The van der Waals surface area contributed by atoms with Gasteiger partial charge in [-0.2, -0.15) is 5.10 Å². The number of carbonyl (C=O) groups excluding carboxylic acids is 1. The van der Waals surface area contributed by atoms with Gasteiger partial charge in [-0.15, -0.1) is 0 Å². The van der Waals surface area contributed by atoms with E-state index in [-0.39, 0.29) is 11.8 Å². The summed E-state index contributed by atoms with van der Waals surface area (Å²) in [4.78, 5) is 15.6. The molecule has 1 saturated carbocycles. The number of nitrogens with zero attached hydrogens (tertiary/aromatic N) is 2. The van der Waals surface area contributed by atoms with Crippen LogP contribution in [0.2, 0.25) is 0 Å². The van der Waals surface area contributed by atoms with Crippen molar-refractivity contribution in [2.24, 2.45) is 11.8 Å². The zero-order valence-electron chi connectivity index (χ0n) is 8.86. The maximum absolute atomic E-state index is 11.6. The molecule has 2 rings (SSSR count). The quantitative estimate of drug-likeness (QED) is 0.740. The third-order valence-corrected chi connectivity index (χ3v) is 2.87. The molecule has 1 unspecified atom stereocenters. The van der Waals surface area contributed by atoms with Gasteiger partial charge in [0.2, 0.25) is 5.91 Å². The van der Waals surface area contributed by atoms with E-state index in [1.54, 1.807) is 0 Å². The van der Waals surface area contributed by atoms with Gasteiger partial charge in [0.15, 0.2) is 0 Å². The minimum atomic E-state index is 0.164. The molecule has 5 heteroatoms. The van der Waals surface area contributed by atoms with Crippen molar-refractivity contribution >= 4 is 5.91 Å². The molecule has 0 spiro atoms. The first-order valence-corrected chi connectivity index (χ1v) is 5.39. The number of nitrogens with one attached hydrogen (secondary N) is 2. The number of aromatic nitrogens is 3. The number of hydrogen-bond donors (Lipinski definition) is 2. The van der Waals surface area contributed by atoms with Crippen LogP contribution in [0.15, 0.2) is 6.33 Å². The molecule has 1 amide bonds. The fraction of sp³-hybridized carbons (Fsp3) is 0.700. The number of rotatable bonds is 5. The van der Waals surface area contributed by atoms with Crippen LogP contribution in [0.25, 0.3) is 0 Å². The van der Waals surface area contributed by atoms with Crippen LogP contribution >= 0.6 is 0 Å². The van der Waals surface area contributed by atoms with Gasteiger partial charge >= 0.3 is 0 Å². The molecule has 0 aliphatic heterocycles. The second-order valence-electron chi connectivity index (χ2n) is 4.10. The molecule has 2 N–H and O–H groups in total. The Morgan fingerprint density at radius 2 is 2.53 bits per heavy atom. The normalized spacial score (nSPS) is 17.4. The molecule has 0 bridgehead atoms. The van der Waals surface area contributed by atoms with Crippen molar-refractivity contribution in [1.82, 2.24) is 20.5 Å². The maximum Gasteiger partial charge on any atom is 0.223 e. The van der Waals surface area contributed by atoms with Gasteiger partial charge in [-0.1, -0.05) is 6.92 Å². The van der Waals surface area contributed by atoms with E-state index in [9.17, 15) is 4.79 Å². The largest absolute Gasteiger partial charge is 0.355 e. The highest BCUT2D eigenvalue weighted by Crippen LogP contribution is 2.36. The molecule has 1 fully saturated rings. The van der Waals surface area contributed by atoms with Gasteiger partial charge in [-0.3, -0.25) is 9.89 Å². The molecule has 1 aromatic rings. The molecule has 0 radical (unpaired) electrons. The van der Waals surface area contributed by atoms with E-state index in [2.05, 4.69) is 20.5 Å². The summed E-state index contributed by atoms with van der Waals surface area (Å²) in [7, 11) is 0. The first-order chi connectivity index (χ1) is 7.27. The van der Waals surface area contributed by atoms with E-state index >= 15 is 0 Å². The smallest absolute Gasteiger partial charge is 0.223 e. The van der Waals surface area contributed by atoms with Crippen LogP contribution in [0.1, 0.15) is 25.6 Å². The van der Waals surface area contributed by atoms with Crippen molar-refractivity contribution in [2.75, 3.05) is 6.54 Å². The van der Waals surface area contributed by atoms with Crippen molar-refractivity contribution < 1.29 is 4.79 Å². The summed E-state index contributed by atoms with van der Waals surface area (Å²) in [5.74, 6) is 1.77. The van der Waals surface area contributed by atoms with E-state index in [0.717, 1.165) is 5.82 Å². The summed E-state index contributed by atoms with van der Waals surface area (Å²) in [6.45, 7) is 2.63. The van der Waals surface area contributed by atoms with Crippen LogP contribution < -0.4 is 5.32 Å². The summed E-state index contributed by atoms with van der Waals surface area (Å²) in [6, 6.07) is 0. The number of H-pyrrole nitrogens is 1. The lowest BCUT2D eigenvalue weighted by molar-refractivity contribution is -0.125. The average Bonchev–Trinajstić information content (AvgIpc) is 2.96. The Morgan fingerprint density at radius 1 is 1.73 bits per heavy atom. The maximum atomic E-state index is 11.6. The van der Waals surface area contributed by atoms with Crippen LogP contribution in [0.5, 0.6) is 0 Å². The molecule has 0 saturated heterocycles. The van der Waals surface area contributed by atoms with Crippen molar-refractivity contribution in [3.63, 3.8) is 0 Å². The standard InChI is InChI=1S/C10H16N4O/c1-7(8-2-3-8)10(15)11-5-4-9-12-6-13-14-9/h6-8H,2-5H2,1H3,(H,11,15)(H,12,13,14). The lowest BCUT2D eigenvalue weighted by Crippen LogP contribution is -2.31. The summed E-state index contributed by atoms with van der Waals surface area (Å²) in [5.41, 5.74) is 0. The number of hydrogen-bond acceptors (Lipinski definition) is 3. The lowest BCUT2D eigenvalue weighted by atomic mass is 10.1. The minimum absolute atomic E-state index is 0.164. The third-order valence-electron chi connectivity index (χ3n) is 2.87. The Labute approximate surface area is 88.7 Å². The molecule has 82 valence electrons. The van der Waals surface area contributed by atoms with Gasteiger partial charge in [0.1, 0.15) is 12.2 Å². The molecule has 15 heavy (non-hydrogen) atoms. The van der Waals surface area contributed by atoms with Crippen LogP contribution in [0.3, 0.4) is 0 Å². The Balaban J connectivity index is 1.67. The number of amides is 1. The molecule has 1 heterocycles. The van der Waals surface area contributed by atoms with Gasteiger partial charge in [0.25, 0.3) is 0 Å². The van der Waals surface area contributed by atoms with Gasteiger partial charge < -0.3 is 5.32 Å². The van der Waals surface area contributed by atoms with E-state index in [1.807, 2.05) is 6.92 Å². The molecule has 1 aliphatic carbocycles. The van der Waals surface area contributed by atoms with Crippen molar-refractivity contribution in [3.8, 4) is 0 Å². The molecular weight excluding hydrogens is 192 g/mol. The monoisotopic (exact) mass is 208 g/mol. The van der Waals surface area contributed by atoms with E-state index in [1.165, 1.54) is 19.2 Å². The summed E-state index contributed by atoms with van der Waals surface area (Å²) in [5, 5.41) is 9.42. The molecule has 5 nitrogen and oxygen atoms in total. The molecule has 0 aromatic carbocycles. The minimum Gasteiger partial charge on any atom is -0.355 e. The fourth-order valence-electron chi connectivity index (χ4n) is 1.63. The van der Waals surface area contributed by atoms with Crippen molar-refractivity contribution in [3.05, 3.63) is 12.2 Å². The van der Waals surface area contributed by atoms with E-state index in [0.29, 0.717) is 18.9 Å². The van der Waals surface area contributed by atoms with Gasteiger partial charge in [-0.05, 0) is 18.8 Å². The molecule has 1 aromatic heterocycles. The number of carbonyl (C=O) groups is 1. The topological polar surface area (TPSA) is 70.7 Å². The zero-order chi connectivity index (χ0) is 10.7. The third kappa shape index (κ3) is 2.78. The Morgan fingerprint density at radius 3 is 3.13 bits per heavy atom. The van der Waals surface area contributed by atoms with E-state index in [4.69, 9.17) is 0 Å². The van der Waals surface area contributed by atoms with Crippen molar-refractivity contribution in [1.29, 1.82) is 0 Å². The Kier molecular flexibility index (Phi) is 2.99.